The normalized spacial score (nSPS) is 11.2. The van der Waals surface area contributed by atoms with Crippen LogP contribution >= 0.6 is 0 Å². The molecule has 1 aromatic carbocycles. The number of esters is 1. The first-order valence-electron chi connectivity index (χ1n) is 7.40. The molecule has 1 aromatic heterocycles. The molecule has 0 atom stereocenters. The van der Waals surface area contributed by atoms with Crippen LogP contribution in [0.5, 0.6) is 0 Å². The lowest BCUT2D eigenvalue weighted by molar-refractivity contribution is -0.142. The fourth-order valence-corrected chi connectivity index (χ4v) is 1.92. The fraction of sp³-hybridized carbons (Fsp3) is 0.250. The molecule has 0 spiro atoms. The maximum Gasteiger partial charge on any atom is 0.311 e. The third-order valence-corrected chi connectivity index (χ3v) is 2.96. The number of rotatable bonds is 5. The monoisotopic (exact) mass is 329 g/mol. The van der Waals surface area contributed by atoms with Crippen molar-refractivity contribution >= 4 is 23.6 Å². The summed E-state index contributed by atoms with van der Waals surface area (Å²) in [6.45, 7) is 3.95. The zero-order valence-electron chi connectivity index (χ0n) is 13.5. The van der Waals surface area contributed by atoms with Gasteiger partial charge in [-0.25, -0.2) is 4.98 Å². The highest BCUT2D eigenvalue weighted by Crippen LogP contribution is 2.09. The molecule has 2 aromatic rings. The van der Waals surface area contributed by atoms with Crippen LogP contribution in [0.1, 0.15) is 18.2 Å². The van der Waals surface area contributed by atoms with Crippen LogP contribution in [0.3, 0.4) is 0 Å². The number of anilines is 1. The summed E-state index contributed by atoms with van der Waals surface area (Å²) >= 11 is 0. The van der Waals surface area contributed by atoms with Gasteiger partial charge in [0.15, 0.2) is 0 Å². The standard InChI is InChI=1S/C16H19N5O3/c1-3-24-14(23)9-12-8-13(22)20-16(19-12)21-15(17)18-11-6-4-10(2)5-7-11/h4-8H,3,9H2,1-2H3,(H4,17,18,19,20,21,22). The van der Waals surface area contributed by atoms with E-state index < -0.39 is 11.5 Å². The first-order valence-corrected chi connectivity index (χ1v) is 7.40. The molecule has 0 aliphatic heterocycles. The van der Waals surface area contributed by atoms with E-state index in [1.165, 1.54) is 6.07 Å². The second-order valence-electron chi connectivity index (χ2n) is 5.03. The first kappa shape index (κ1) is 17.2. The molecule has 0 unspecified atom stereocenters. The predicted octanol–water partition coefficient (Wildman–Crippen LogP) is 1.24. The van der Waals surface area contributed by atoms with Gasteiger partial charge in [-0.1, -0.05) is 17.7 Å². The topological polar surface area (TPSA) is 122 Å². The molecular weight excluding hydrogens is 310 g/mol. The number of guanidine groups is 1. The van der Waals surface area contributed by atoms with Crippen LogP contribution in [0.15, 0.2) is 40.1 Å². The Bertz CT molecular complexity index is 796. The molecule has 24 heavy (non-hydrogen) atoms. The van der Waals surface area contributed by atoms with Crippen molar-refractivity contribution in [3.05, 3.63) is 51.9 Å². The van der Waals surface area contributed by atoms with Gasteiger partial charge in [0, 0.05) is 11.8 Å². The molecule has 0 amide bonds. The van der Waals surface area contributed by atoms with Crippen molar-refractivity contribution in [3.63, 3.8) is 0 Å². The summed E-state index contributed by atoms with van der Waals surface area (Å²) in [4.78, 5) is 33.7. The smallest absolute Gasteiger partial charge is 0.311 e. The number of aromatic amines is 1. The highest BCUT2D eigenvalue weighted by Gasteiger charge is 2.08. The highest BCUT2D eigenvalue weighted by atomic mass is 16.5. The van der Waals surface area contributed by atoms with Gasteiger partial charge in [0.05, 0.1) is 18.7 Å². The van der Waals surface area contributed by atoms with E-state index in [0.29, 0.717) is 0 Å². The Kier molecular flexibility index (Phi) is 5.67. The molecule has 0 aliphatic carbocycles. The van der Waals surface area contributed by atoms with E-state index in [-0.39, 0.29) is 30.6 Å². The van der Waals surface area contributed by atoms with Gasteiger partial charge in [-0.3, -0.25) is 14.6 Å². The van der Waals surface area contributed by atoms with Crippen LogP contribution in [0.4, 0.5) is 11.6 Å². The van der Waals surface area contributed by atoms with Gasteiger partial charge in [0.2, 0.25) is 11.9 Å². The molecule has 0 radical (unpaired) electrons. The molecule has 0 bridgehead atoms. The summed E-state index contributed by atoms with van der Waals surface area (Å²) in [6, 6.07) is 8.78. The molecule has 0 fully saturated rings. The fourth-order valence-electron chi connectivity index (χ4n) is 1.92. The maximum absolute atomic E-state index is 11.6. The Morgan fingerprint density at radius 1 is 1.38 bits per heavy atom. The van der Waals surface area contributed by atoms with Crippen LogP contribution < -0.4 is 16.6 Å². The second-order valence-corrected chi connectivity index (χ2v) is 5.03. The number of H-pyrrole nitrogens is 1. The number of aliphatic imine (C=N–C) groups is 1. The van der Waals surface area contributed by atoms with E-state index in [4.69, 9.17) is 10.5 Å². The van der Waals surface area contributed by atoms with Gasteiger partial charge >= 0.3 is 5.97 Å². The molecular formula is C16H19N5O3. The SMILES string of the molecule is CCOC(=O)Cc1cc(=O)[nH]c(N=C(N)Nc2ccc(C)cc2)n1. The number of carbonyl (C=O) groups is 1. The Hall–Kier alpha value is -3.16. The number of nitrogens with zero attached hydrogens (tertiary/aromatic N) is 2. The minimum Gasteiger partial charge on any atom is -0.466 e. The van der Waals surface area contributed by atoms with E-state index in [9.17, 15) is 9.59 Å². The quantitative estimate of drug-likeness (QED) is 0.431. The van der Waals surface area contributed by atoms with Crippen LogP contribution in [-0.4, -0.2) is 28.5 Å². The zero-order valence-corrected chi connectivity index (χ0v) is 13.5. The lowest BCUT2D eigenvalue weighted by Gasteiger charge is -2.06. The predicted molar refractivity (Wildman–Crippen MR) is 91.3 cm³/mol. The Morgan fingerprint density at radius 2 is 2.08 bits per heavy atom. The minimum atomic E-state index is -0.462. The zero-order chi connectivity index (χ0) is 17.5. The summed E-state index contributed by atoms with van der Waals surface area (Å²) in [7, 11) is 0. The average molecular weight is 329 g/mol. The number of nitrogens with two attached hydrogens (primary N) is 1. The molecule has 2 rings (SSSR count). The molecule has 0 aliphatic rings. The summed E-state index contributed by atoms with van der Waals surface area (Å²) in [6.07, 6.45) is -0.106. The molecule has 0 saturated carbocycles. The molecule has 8 nitrogen and oxygen atoms in total. The highest BCUT2D eigenvalue weighted by molar-refractivity contribution is 5.93. The average Bonchev–Trinajstić information content (AvgIpc) is 2.49. The van der Waals surface area contributed by atoms with Crippen LogP contribution in [0, 0.1) is 6.92 Å². The van der Waals surface area contributed by atoms with Crippen LogP contribution in [0.2, 0.25) is 0 Å². The van der Waals surface area contributed by atoms with E-state index in [2.05, 4.69) is 20.3 Å². The van der Waals surface area contributed by atoms with Crippen molar-refractivity contribution in [1.82, 2.24) is 9.97 Å². The second kappa shape index (κ2) is 7.91. The number of carbonyl (C=O) groups excluding carboxylic acids is 1. The van der Waals surface area contributed by atoms with E-state index in [0.717, 1.165) is 11.3 Å². The Labute approximate surface area is 138 Å². The van der Waals surface area contributed by atoms with Crippen molar-refractivity contribution in [2.24, 2.45) is 10.7 Å². The van der Waals surface area contributed by atoms with Gasteiger partial charge in [-0.2, -0.15) is 4.99 Å². The maximum atomic E-state index is 11.6. The lowest BCUT2D eigenvalue weighted by Crippen LogP contribution is -2.22. The molecule has 1 heterocycles. The van der Waals surface area contributed by atoms with E-state index in [1.807, 2.05) is 31.2 Å². The molecule has 0 saturated heterocycles. The molecule has 126 valence electrons. The van der Waals surface area contributed by atoms with Crippen LogP contribution in [0.25, 0.3) is 0 Å². The number of ether oxygens (including phenoxy) is 1. The third kappa shape index (κ3) is 5.24. The van der Waals surface area contributed by atoms with Crippen molar-refractivity contribution in [3.8, 4) is 0 Å². The van der Waals surface area contributed by atoms with Gasteiger partial charge < -0.3 is 15.8 Å². The lowest BCUT2D eigenvalue weighted by atomic mass is 10.2. The summed E-state index contributed by atoms with van der Waals surface area (Å²) in [5.41, 5.74) is 7.52. The number of nitrogens with one attached hydrogen (secondary N) is 2. The van der Waals surface area contributed by atoms with Crippen molar-refractivity contribution in [2.45, 2.75) is 20.3 Å². The number of aromatic nitrogens is 2. The number of hydrogen-bond donors (Lipinski definition) is 3. The summed E-state index contributed by atoms with van der Waals surface area (Å²) in [5, 5.41) is 2.89. The summed E-state index contributed by atoms with van der Waals surface area (Å²) in [5.74, 6) is -0.384. The first-order chi connectivity index (χ1) is 11.5. The van der Waals surface area contributed by atoms with Crippen molar-refractivity contribution in [1.29, 1.82) is 0 Å². The Morgan fingerprint density at radius 3 is 2.75 bits per heavy atom. The van der Waals surface area contributed by atoms with Gasteiger partial charge in [0.25, 0.3) is 5.56 Å². The third-order valence-electron chi connectivity index (χ3n) is 2.96. The van der Waals surface area contributed by atoms with E-state index in [1.54, 1.807) is 6.92 Å². The van der Waals surface area contributed by atoms with E-state index >= 15 is 0 Å². The number of benzene rings is 1. The van der Waals surface area contributed by atoms with Crippen molar-refractivity contribution < 1.29 is 9.53 Å². The minimum absolute atomic E-state index is 0.0129. The van der Waals surface area contributed by atoms with Gasteiger partial charge in [0.1, 0.15) is 0 Å². The van der Waals surface area contributed by atoms with Gasteiger partial charge in [-0.05, 0) is 26.0 Å². The summed E-state index contributed by atoms with van der Waals surface area (Å²) < 4.78 is 4.83. The van der Waals surface area contributed by atoms with Gasteiger partial charge in [-0.15, -0.1) is 0 Å². The molecule has 8 heteroatoms. The van der Waals surface area contributed by atoms with Crippen molar-refractivity contribution in [2.75, 3.05) is 11.9 Å². The largest absolute Gasteiger partial charge is 0.466 e. The van der Waals surface area contributed by atoms with Crippen LogP contribution in [-0.2, 0) is 16.0 Å². The molecule has 4 N–H and O–H groups in total. The number of aryl methyl sites for hydroxylation is 1. The number of hydrogen-bond acceptors (Lipinski definition) is 5. The Balaban J connectivity index is 2.15.